The monoisotopic (exact) mass is 491 g/mol. The molecule has 1 N–H and O–H groups in total. The molecule has 6 rings (SSSR count). The highest BCUT2D eigenvalue weighted by molar-refractivity contribution is 5.97. The number of ether oxygens (including phenoxy) is 3. The molecule has 0 bridgehead atoms. The standard InChI is InChI=1S/C30H25N3O4/c1-20-32-26-16-23(30(34)31-17-22-7-14-28-29(15-22)37-19-36-28)8-13-27(26)33(20)24-9-11-25(12-10-24)35-18-21-5-3-2-4-6-21/h2-16H,17-19H2,1H3,(H,31,34). The van der Waals surface area contributed by atoms with Gasteiger partial charge in [0.15, 0.2) is 11.5 Å². The average Bonchev–Trinajstić information content (AvgIpc) is 3.54. The zero-order valence-corrected chi connectivity index (χ0v) is 20.3. The first-order valence-electron chi connectivity index (χ1n) is 12.1. The van der Waals surface area contributed by atoms with Gasteiger partial charge in [-0.2, -0.15) is 0 Å². The van der Waals surface area contributed by atoms with Crippen LogP contribution in [0.4, 0.5) is 0 Å². The maximum atomic E-state index is 12.8. The Kier molecular flexibility index (Phi) is 5.94. The maximum Gasteiger partial charge on any atom is 0.251 e. The molecule has 7 heteroatoms. The van der Waals surface area contributed by atoms with Gasteiger partial charge in [-0.05, 0) is 72.6 Å². The van der Waals surface area contributed by atoms with Crippen molar-refractivity contribution in [1.82, 2.24) is 14.9 Å². The summed E-state index contributed by atoms with van der Waals surface area (Å²) >= 11 is 0. The highest BCUT2D eigenvalue weighted by atomic mass is 16.7. The summed E-state index contributed by atoms with van der Waals surface area (Å²) in [4.78, 5) is 17.6. The highest BCUT2D eigenvalue weighted by Gasteiger charge is 2.15. The minimum Gasteiger partial charge on any atom is -0.489 e. The number of aromatic nitrogens is 2. The molecule has 0 aliphatic carbocycles. The second-order valence-electron chi connectivity index (χ2n) is 8.84. The Morgan fingerprint density at radius 1 is 0.919 bits per heavy atom. The fraction of sp³-hybridized carbons (Fsp3) is 0.133. The summed E-state index contributed by atoms with van der Waals surface area (Å²) in [5.41, 5.74) is 5.30. The van der Waals surface area contributed by atoms with Crippen molar-refractivity contribution in [3.63, 3.8) is 0 Å². The van der Waals surface area contributed by atoms with Crippen molar-refractivity contribution in [2.75, 3.05) is 6.79 Å². The lowest BCUT2D eigenvalue weighted by Crippen LogP contribution is -2.22. The van der Waals surface area contributed by atoms with Crippen molar-refractivity contribution >= 4 is 16.9 Å². The topological polar surface area (TPSA) is 74.6 Å². The van der Waals surface area contributed by atoms with Gasteiger partial charge in [0.25, 0.3) is 5.91 Å². The third-order valence-electron chi connectivity index (χ3n) is 6.32. The zero-order chi connectivity index (χ0) is 25.2. The number of hydrogen-bond donors (Lipinski definition) is 1. The lowest BCUT2D eigenvalue weighted by Gasteiger charge is -2.10. The van der Waals surface area contributed by atoms with E-state index in [0.29, 0.717) is 24.5 Å². The quantitative estimate of drug-likeness (QED) is 0.322. The number of carbonyl (C=O) groups excluding carboxylic acids is 1. The number of aryl methyl sites for hydroxylation is 1. The van der Waals surface area contributed by atoms with Crippen LogP contribution in [-0.4, -0.2) is 22.3 Å². The van der Waals surface area contributed by atoms with Gasteiger partial charge in [-0.25, -0.2) is 4.98 Å². The fourth-order valence-corrected chi connectivity index (χ4v) is 4.44. The van der Waals surface area contributed by atoms with E-state index in [-0.39, 0.29) is 12.7 Å². The molecule has 1 aliphatic heterocycles. The SMILES string of the molecule is Cc1nc2cc(C(=O)NCc3ccc4c(c3)OCO4)ccc2n1-c1ccc(OCc2ccccc2)cc1. The van der Waals surface area contributed by atoms with Crippen LogP contribution in [0.3, 0.4) is 0 Å². The number of carbonyl (C=O) groups is 1. The molecular formula is C30H25N3O4. The van der Waals surface area contributed by atoms with Gasteiger partial charge < -0.3 is 19.5 Å². The minimum atomic E-state index is -0.160. The third kappa shape index (κ3) is 4.71. The number of benzene rings is 4. The van der Waals surface area contributed by atoms with Gasteiger partial charge >= 0.3 is 0 Å². The summed E-state index contributed by atoms with van der Waals surface area (Å²) in [5, 5.41) is 2.97. The number of imidazole rings is 1. The molecule has 184 valence electrons. The predicted molar refractivity (Wildman–Crippen MR) is 140 cm³/mol. The Balaban J connectivity index is 1.16. The first-order chi connectivity index (χ1) is 18.1. The van der Waals surface area contributed by atoms with Crippen LogP contribution < -0.4 is 19.5 Å². The van der Waals surface area contributed by atoms with Gasteiger partial charge in [0.2, 0.25) is 6.79 Å². The van der Waals surface area contributed by atoms with E-state index in [1.165, 1.54) is 0 Å². The van der Waals surface area contributed by atoms with Crippen molar-refractivity contribution < 1.29 is 19.0 Å². The second-order valence-corrected chi connectivity index (χ2v) is 8.84. The van der Waals surface area contributed by atoms with Crippen LogP contribution in [0.2, 0.25) is 0 Å². The molecule has 1 aromatic heterocycles. The number of nitrogens with zero attached hydrogens (tertiary/aromatic N) is 2. The summed E-state index contributed by atoms with van der Waals surface area (Å²) in [6.07, 6.45) is 0. The first kappa shape index (κ1) is 22.7. The van der Waals surface area contributed by atoms with Crippen molar-refractivity contribution in [3.05, 3.63) is 114 Å². The van der Waals surface area contributed by atoms with Crippen molar-refractivity contribution in [2.45, 2.75) is 20.1 Å². The summed E-state index contributed by atoms with van der Waals surface area (Å²) < 4.78 is 18.7. The molecule has 0 fully saturated rings. The Morgan fingerprint density at radius 2 is 1.73 bits per heavy atom. The van der Waals surface area contributed by atoms with Gasteiger partial charge in [-0.1, -0.05) is 36.4 Å². The first-order valence-corrected chi connectivity index (χ1v) is 12.1. The average molecular weight is 492 g/mol. The molecule has 1 amide bonds. The molecule has 0 saturated heterocycles. The lowest BCUT2D eigenvalue weighted by molar-refractivity contribution is 0.0951. The molecule has 0 atom stereocenters. The van der Waals surface area contributed by atoms with Crippen molar-refractivity contribution in [3.8, 4) is 22.9 Å². The Bertz CT molecular complexity index is 1580. The van der Waals surface area contributed by atoms with E-state index in [0.717, 1.165) is 45.2 Å². The van der Waals surface area contributed by atoms with E-state index in [4.69, 9.17) is 19.2 Å². The molecule has 0 spiro atoms. The van der Waals surface area contributed by atoms with Crippen LogP contribution in [0.15, 0.2) is 91.0 Å². The Hall–Kier alpha value is -4.78. The molecule has 2 heterocycles. The molecule has 5 aromatic rings. The van der Waals surface area contributed by atoms with Crippen LogP contribution in [0.5, 0.6) is 17.2 Å². The molecule has 7 nitrogen and oxygen atoms in total. The van der Waals surface area contributed by atoms with Gasteiger partial charge in [0.1, 0.15) is 18.2 Å². The molecule has 1 aliphatic rings. The van der Waals surface area contributed by atoms with Crippen LogP contribution in [-0.2, 0) is 13.2 Å². The van der Waals surface area contributed by atoms with Crippen LogP contribution in [0.1, 0.15) is 27.3 Å². The van der Waals surface area contributed by atoms with Gasteiger partial charge in [0.05, 0.1) is 11.0 Å². The summed E-state index contributed by atoms with van der Waals surface area (Å²) in [6, 6.07) is 29.3. The normalized spacial score (nSPS) is 12.0. The van der Waals surface area contributed by atoms with E-state index in [1.54, 1.807) is 0 Å². The summed E-state index contributed by atoms with van der Waals surface area (Å²) in [6.45, 7) is 3.09. The van der Waals surface area contributed by atoms with Crippen LogP contribution in [0.25, 0.3) is 16.7 Å². The lowest BCUT2D eigenvalue weighted by atomic mass is 10.1. The zero-order valence-electron chi connectivity index (χ0n) is 20.3. The summed E-state index contributed by atoms with van der Waals surface area (Å²) in [7, 11) is 0. The Labute approximate surface area is 214 Å². The summed E-state index contributed by atoms with van der Waals surface area (Å²) in [5.74, 6) is 2.90. The number of rotatable bonds is 7. The number of fused-ring (bicyclic) bond motifs is 2. The number of hydrogen-bond acceptors (Lipinski definition) is 5. The van der Waals surface area contributed by atoms with E-state index in [2.05, 4.69) is 9.88 Å². The van der Waals surface area contributed by atoms with E-state index >= 15 is 0 Å². The fourth-order valence-electron chi connectivity index (χ4n) is 4.44. The van der Waals surface area contributed by atoms with Gasteiger partial charge in [-0.3, -0.25) is 9.36 Å². The molecule has 0 unspecified atom stereocenters. The van der Waals surface area contributed by atoms with Crippen LogP contribution >= 0.6 is 0 Å². The van der Waals surface area contributed by atoms with E-state index in [1.807, 2.05) is 97.9 Å². The van der Waals surface area contributed by atoms with Gasteiger partial charge in [0, 0.05) is 17.8 Å². The molecule has 0 saturated carbocycles. The molecule has 4 aromatic carbocycles. The molecule has 0 radical (unpaired) electrons. The van der Waals surface area contributed by atoms with Crippen molar-refractivity contribution in [2.24, 2.45) is 0 Å². The number of amides is 1. The smallest absolute Gasteiger partial charge is 0.251 e. The van der Waals surface area contributed by atoms with Crippen molar-refractivity contribution in [1.29, 1.82) is 0 Å². The molecular weight excluding hydrogens is 466 g/mol. The largest absolute Gasteiger partial charge is 0.489 e. The third-order valence-corrected chi connectivity index (χ3v) is 6.32. The Morgan fingerprint density at radius 3 is 2.57 bits per heavy atom. The second kappa shape index (κ2) is 9.70. The van der Waals surface area contributed by atoms with E-state index in [9.17, 15) is 4.79 Å². The highest BCUT2D eigenvalue weighted by Crippen LogP contribution is 2.32. The maximum absolute atomic E-state index is 12.8. The molecule has 37 heavy (non-hydrogen) atoms. The predicted octanol–water partition coefficient (Wildman–Crippen LogP) is 5.57. The van der Waals surface area contributed by atoms with Gasteiger partial charge in [-0.15, -0.1) is 0 Å². The number of nitrogens with one attached hydrogen (secondary N) is 1. The van der Waals surface area contributed by atoms with E-state index < -0.39 is 0 Å². The minimum absolute atomic E-state index is 0.160. The van der Waals surface area contributed by atoms with Crippen LogP contribution in [0, 0.1) is 6.92 Å².